The molecule has 5 aliphatic rings. The number of rotatable bonds is 17. The van der Waals surface area contributed by atoms with Gasteiger partial charge in [-0.05, 0) is 73.0 Å². The minimum atomic E-state index is -0.921. The number of H-pyrrole nitrogens is 1. The maximum Gasteiger partial charge on any atom is 0.296 e. The average Bonchev–Trinajstić information content (AvgIpc) is 4.10. The number of ether oxygens (including phenoxy) is 2. The number of hydrogen-bond donors (Lipinski definition) is 6. The number of hydrogen-bond acceptors (Lipinski definition) is 13. The highest BCUT2D eigenvalue weighted by Crippen LogP contribution is 2.31. The van der Waals surface area contributed by atoms with Crippen LogP contribution in [-0.2, 0) is 36.8 Å². The molecule has 2 bridgehead atoms. The van der Waals surface area contributed by atoms with E-state index in [-0.39, 0.29) is 68.5 Å². The fourth-order valence-electron chi connectivity index (χ4n) is 9.09. The molecule has 5 amide bonds. The molecular formula is C51H56N12O7. The molecule has 6 heterocycles. The fourth-order valence-corrected chi connectivity index (χ4v) is 9.09. The lowest BCUT2D eigenvalue weighted by atomic mass is 10.0. The van der Waals surface area contributed by atoms with E-state index in [1.54, 1.807) is 43.6 Å². The van der Waals surface area contributed by atoms with E-state index in [9.17, 15) is 24.0 Å². The summed E-state index contributed by atoms with van der Waals surface area (Å²) in [5.41, 5.74) is 5.06. The van der Waals surface area contributed by atoms with E-state index in [2.05, 4.69) is 87.8 Å². The topological polar surface area (TPSA) is 228 Å². The van der Waals surface area contributed by atoms with Crippen LogP contribution in [0.3, 0.4) is 0 Å². The van der Waals surface area contributed by atoms with E-state index in [1.807, 2.05) is 41.5 Å². The molecule has 0 saturated carbocycles. The molecule has 2 unspecified atom stereocenters. The van der Waals surface area contributed by atoms with Crippen LogP contribution < -0.4 is 41.1 Å². The number of fused-ring (bicyclic) bond motifs is 4. The summed E-state index contributed by atoms with van der Waals surface area (Å²) in [4.78, 5) is 78.7. The molecule has 4 aromatic rings. The van der Waals surface area contributed by atoms with Crippen LogP contribution in [0.15, 0.2) is 102 Å². The molecule has 0 radical (unpaired) electrons. The van der Waals surface area contributed by atoms with Gasteiger partial charge in [0.1, 0.15) is 30.4 Å². The van der Waals surface area contributed by atoms with Gasteiger partial charge in [0.15, 0.2) is 0 Å². The Hall–Kier alpha value is -7.82. The van der Waals surface area contributed by atoms with Crippen LogP contribution in [0.25, 0.3) is 0 Å². The lowest BCUT2D eigenvalue weighted by Gasteiger charge is -2.34. The number of dihydropyridines is 1. The van der Waals surface area contributed by atoms with Crippen LogP contribution in [0.1, 0.15) is 46.0 Å². The minimum absolute atomic E-state index is 0.0322. The number of carbonyl (C=O) groups excluding carboxylic acids is 5. The second-order valence-electron chi connectivity index (χ2n) is 17.8. The smallest absolute Gasteiger partial charge is 0.296 e. The van der Waals surface area contributed by atoms with E-state index in [1.165, 1.54) is 29.0 Å². The quantitative estimate of drug-likeness (QED) is 0.0650. The van der Waals surface area contributed by atoms with Crippen LogP contribution in [0, 0.1) is 17.8 Å². The Morgan fingerprint density at radius 3 is 2.44 bits per heavy atom. The largest absolute Gasteiger partial charge is 0.489 e. The highest BCUT2D eigenvalue weighted by molar-refractivity contribution is 6.12. The van der Waals surface area contributed by atoms with Crippen molar-refractivity contribution in [3.8, 4) is 17.6 Å². The second-order valence-corrected chi connectivity index (χ2v) is 17.8. The summed E-state index contributed by atoms with van der Waals surface area (Å²) in [7, 11) is 1.63. The van der Waals surface area contributed by atoms with Crippen LogP contribution in [0.2, 0.25) is 0 Å². The van der Waals surface area contributed by atoms with Crippen molar-refractivity contribution in [2.75, 3.05) is 75.9 Å². The number of piperazine rings is 1. The second kappa shape index (κ2) is 22.1. The number of nitrogens with zero attached hydrogens (tertiary/aromatic N) is 6. The summed E-state index contributed by atoms with van der Waals surface area (Å²) in [6.45, 7) is 3.73. The third kappa shape index (κ3) is 11.9. The minimum Gasteiger partial charge on any atom is -0.489 e. The molecule has 19 nitrogen and oxygen atoms in total. The Morgan fingerprint density at radius 2 is 1.64 bits per heavy atom. The third-order valence-corrected chi connectivity index (χ3v) is 12.8. The van der Waals surface area contributed by atoms with E-state index in [0.29, 0.717) is 60.0 Å². The first-order valence-electron chi connectivity index (χ1n) is 23.6. The van der Waals surface area contributed by atoms with Gasteiger partial charge < -0.3 is 50.8 Å². The van der Waals surface area contributed by atoms with Gasteiger partial charge >= 0.3 is 0 Å². The molecule has 1 aromatic heterocycles. The number of aromatic amines is 1. The summed E-state index contributed by atoms with van der Waals surface area (Å²) in [5, 5.41) is 21.7. The molecule has 19 heteroatoms. The summed E-state index contributed by atoms with van der Waals surface area (Å²) in [5.74, 6) is 4.46. The van der Waals surface area contributed by atoms with Crippen molar-refractivity contribution in [3.63, 3.8) is 0 Å². The molecule has 2 fully saturated rings. The highest BCUT2D eigenvalue weighted by atomic mass is 16.5. The molecule has 9 rings (SSSR count). The number of nitrogens with one attached hydrogen (secondary N) is 6. The van der Waals surface area contributed by atoms with Crippen LogP contribution in [-0.4, -0.2) is 146 Å². The molecule has 5 atom stereocenters. The number of anilines is 2. The maximum absolute atomic E-state index is 13.0. The lowest BCUT2D eigenvalue weighted by molar-refractivity contribution is -0.122. The van der Waals surface area contributed by atoms with Gasteiger partial charge in [-0.25, -0.2) is 4.98 Å². The first kappa shape index (κ1) is 47.3. The number of benzene rings is 3. The Balaban J connectivity index is 0.610. The van der Waals surface area contributed by atoms with Gasteiger partial charge in [0.05, 0.1) is 31.0 Å². The molecule has 0 spiro atoms. The van der Waals surface area contributed by atoms with Crippen molar-refractivity contribution in [1.82, 2.24) is 46.7 Å². The number of carbonyl (C=O) groups is 5. The standard InChI is InChI=1S/C51H56N12O7/c1-61-42-4-2-3-5-43(42)70-32-41(51(61)68)57-50(67)47-58-44(59-60-47)26-35-8-6-33(7-9-35)12-17-45(64)52-21-24-69-25-22-53-46(65)31-62-23-19-36-27-37(28-55-48(36)62)49(66)54-20-18-34-10-15-40(16-11-34)63-29-38-13-14-39(30-63)56-38/h2-11,15-16,19,23,27-28,36,38-39,41,48,56H,13-14,18,20-22,24-26,29-32H2,1H3,(H,52,64)(H,53,65)(H,54,66)(H,57,67)(H,58,59,60)/t36?,38-,39+,41-,48?/m0/s1. The van der Waals surface area contributed by atoms with Crippen molar-refractivity contribution in [2.24, 2.45) is 10.9 Å². The number of para-hydroxylation sites is 2. The van der Waals surface area contributed by atoms with Crippen LogP contribution >= 0.6 is 0 Å². The average molecular weight is 949 g/mol. The van der Waals surface area contributed by atoms with E-state index in [0.717, 1.165) is 25.1 Å². The van der Waals surface area contributed by atoms with E-state index >= 15 is 0 Å². The predicted molar refractivity (Wildman–Crippen MR) is 261 cm³/mol. The molecule has 362 valence electrons. The third-order valence-electron chi connectivity index (χ3n) is 12.8. The van der Waals surface area contributed by atoms with E-state index < -0.39 is 17.9 Å². The molecule has 2 saturated heterocycles. The van der Waals surface area contributed by atoms with Crippen molar-refractivity contribution in [3.05, 3.63) is 125 Å². The number of likely N-dealkylation sites (N-methyl/N-ethyl adjacent to an activating group) is 1. The van der Waals surface area contributed by atoms with Gasteiger partial charge in [-0.15, -0.1) is 5.10 Å². The van der Waals surface area contributed by atoms with Gasteiger partial charge in [-0.3, -0.25) is 34.1 Å². The monoisotopic (exact) mass is 948 g/mol. The molecule has 70 heavy (non-hydrogen) atoms. The molecule has 0 aliphatic carbocycles. The zero-order valence-corrected chi connectivity index (χ0v) is 38.9. The van der Waals surface area contributed by atoms with Gasteiger partial charge in [0.25, 0.3) is 23.6 Å². The molecule has 6 N–H and O–H groups in total. The van der Waals surface area contributed by atoms with Gasteiger partial charge in [-0.2, -0.15) is 0 Å². The number of amides is 5. The Morgan fingerprint density at radius 1 is 0.886 bits per heavy atom. The van der Waals surface area contributed by atoms with Crippen LogP contribution in [0.4, 0.5) is 11.4 Å². The number of aliphatic imine (C=N–C) groups is 1. The first-order valence-corrected chi connectivity index (χ1v) is 23.6. The highest BCUT2D eigenvalue weighted by Gasteiger charge is 2.34. The summed E-state index contributed by atoms with van der Waals surface area (Å²) >= 11 is 0. The Bertz CT molecular complexity index is 2710. The SMILES string of the molecule is CN1C(=O)[C@@H](NC(=O)c2n[nH]c(Cc3ccc(C#CC(=O)NCCOCCNC(=O)CN4C=CC5C=C(C(=O)NCCc6ccc(N7C[C@H]8CC[C@@H](C7)N8)cc6)C=NC54)cc3)n2)COc2ccccc21. The summed E-state index contributed by atoms with van der Waals surface area (Å²) < 4.78 is 11.3. The summed E-state index contributed by atoms with van der Waals surface area (Å²) in [6, 6.07) is 23.3. The van der Waals surface area contributed by atoms with Gasteiger partial charge in [-0.1, -0.05) is 54.5 Å². The Kier molecular flexibility index (Phi) is 14.9. The Labute approximate surface area is 405 Å². The molecule has 3 aromatic carbocycles. The van der Waals surface area contributed by atoms with Gasteiger partial charge in [0.2, 0.25) is 11.7 Å². The lowest BCUT2D eigenvalue weighted by Crippen LogP contribution is -2.51. The fraction of sp³-hybridized carbons (Fsp3) is 0.373. The van der Waals surface area contributed by atoms with Crippen LogP contribution in [0.5, 0.6) is 5.75 Å². The van der Waals surface area contributed by atoms with Gasteiger partial charge in [0, 0.05) is 87.6 Å². The van der Waals surface area contributed by atoms with Crippen molar-refractivity contribution < 1.29 is 33.4 Å². The van der Waals surface area contributed by atoms with Crippen molar-refractivity contribution in [2.45, 2.75) is 50.0 Å². The van der Waals surface area contributed by atoms with E-state index in [4.69, 9.17) is 9.47 Å². The van der Waals surface area contributed by atoms with Crippen molar-refractivity contribution in [1.29, 1.82) is 0 Å². The molecular weight excluding hydrogens is 893 g/mol. The normalized spacial score (nSPS) is 20.8. The number of aromatic nitrogens is 3. The zero-order chi connectivity index (χ0) is 48.4. The predicted octanol–water partition coefficient (Wildman–Crippen LogP) is 1.23. The zero-order valence-electron chi connectivity index (χ0n) is 38.9. The maximum atomic E-state index is 13.0. The summed E-state index contributed by atoms with van der Waals surface area (Å²) in [6.07, 6.45) is 10.6. The first-order chi connectivity index (χ1) is 34.1. The van der Waals surface area contributed by atoms with Crippen molar-refractivity contribution >= 4 is 47.1 Å². The molecule has 5 aliphatic heterocycles.